The molecule has 0 saturated heterocycles. The molecule has 0 aliphatic heterocycles. The van der Waals surface area contributed by atoms with Crippen molar-refractivity contribution in [3.63, 3.8) is 0 Å². The fraction of sp³-hybridized carbons (Fsp3) is 0.727. The fourth-order valence-corrected chi connectivity index (χ4v) is 1.21. The van der Waals surface area contributed by atoms with Gasteiger partial charge in [-0.25, -0.2) is 4.79 Å². The Hall–Kier alpha value is -0.830. The first-order valence-electron chi connectivity index (χ1n) is 4.99. The summed E-state index contributed by atoms with van der Waals surface area (Å²) in [6.45, 7) is 7.47. The normalized spacial score (nSPS) is 14.6. The van der Waals surface area contributed by atoms with Gasteiger partial charge in [0.15, 0.2) is 0 Å². The SMILES string of the molecule is C=C(C(=O)OC)C(C)C(O)CCCC. The lowest BCUT2D eigenvalue weighted by atomic mass is 9.93. The van der Waals surface area contributed by atoms with Crippen LogP contribution in [0.5, 0.6) is 0 Å². The van der Waals surface area contributed by atoms with Crippen LogP contribution in [0.25, 0.3) is 0 Å². The van der Waals surface area contributed by atoms with Crippen LogP contribution in [0.4, 0.5) is 0 Å². The van der Waals surface area contributed by atoms with Gasteiger partial charge < -0.3 is 9.84 Å². The molecule has 0 aliphatic rings. The van der Waals surface area contributed by atoms with Crippen LogP contribution in [0.2, 0.25) is 0 Å². The molecule has 2 atom stereocenters. The van der Waals surface area contributed by atoms with Crippen LogP contribution in [-0.4, -0.2) is 24.3 Å². The van der Waals surface area contributed by atoms with Gasteiger partial charge in [-0.05, 0) is 6.42 Å². The Morgan fingerprint density at radius 3 is 2.57 bits per heavy atom. The zero-order valence-corrected chi connectivity index (χ0v) is 9.25. The molecule has 3 heteroatoms. The molecular formula is C11H20O3. The number of rotatable bonds is 6. The second-order valence-electron chi connectivity index (χ2n) is 3.52. The second kappa shape index (κ2) is 6.60. The van der Waals surface area contributed by atoms with Crippen molar-refractivity contribution < 1.29 is 14.6 Å². The molecule has 3 nitrogen and oxygen atoms in total. The Labute approximate surface area is 85.8 Å². The van der Waals surface area contributed by atoms with Crippen LogP contribution in [-0.2, 0) is 9.53 Å². The molecule has 2 unspecified atom stereocenters. The third-order valence-electron chi connectivity index (χ3n) is 2.43. The minimum atomic E-state index is -0.499. The summed E-state index contributed by atoms with van der Waals surface area (Å²) >= 11 is 0. The summed E-state index contributed by atoms with van der Waals surface area (Å²) in [5.41, 5.74) is 0.344. The Kier molecular flexibility index (Phi) is 6.21. The van der Waals surface area contributed by atoms with E-state index in [0.29, 0.717) is 12.0 Å². The summed E-state index contributed by atoms with van der Waals surface area (Å²) in [5, 5.41) is 9.70. The summed E-state index contributed by atoms with van der Waals surface area (Å²) < 4.78 is 4.54. The molecule has 0 aromatic carbocycles. The van der Waals surface area contributed by atoms with Gasteiger partial charge in [0.1, 0.15) is 0 Å². The highest BCUT2D eigenvalue weighted by Crippen LogP contribution is 2.18. The Balaban J connectivity index is 4.10. The third kappa shape index (κ3) is 3.92. The van der Waals surface area contributed by atoms with E-state index in [1.165, 1.54) is 7.11 Å². The lowest BCUT2D eigenvalue weighted by Crippen LogP contribution is -2.23. The maximum absolute atomic E-state index is 11.1. The number of unbranched alkanes of at least 4 members (excludes halogenated alkanes) is 1. The van der Waals surface area contributed by atoms with Gasteiger partial charge in [-0.3, -0.25) is 0 Å². The van der Waals surface area contributed by atoms with Crippen molar-refractivity contribution in [2.24, 2.45) is 5.92 Å². The average molecular weight is 200 g/mol. The van der Waals surface area contributed by atoms with Crippen molar-refractivity contribution in [1.82, 2.24) is 0 Å². The number of hydrogen-bond donors (Lipinski definition) is 1. The molecule has 0 heterocycles. The zero-order valence-electron chi connectivity index (χ0n) is 9.25. The van der Waals surface area contributed by atoms with Gasteiger partial charge in [0.25, 0.3) is 0 Å². The highest BCUT2D eigenvalue weighted by molar-refractivity contribution is 5.88. The van der Waals surface area contributed by atoms with Crippen LogP contribution < -0.4 is 0 Å². The van der Waals surface area contributed by atoms with E-state index in [1.54, 1.807) is 6.92 Å². The van der Waals surface area contributed by atoms with Crippen molar-refractivity contribution in [2.45, 2.75) is 39.2 Å². The van der Waals surface area contributed by atoms with Crippen molar-refractivity contribution in [3.8, 4) is 0 Å². The summed E-state index contributed by atoms with van der Waals surface area (Å²) in [6, 6.07) is 0. The minimum absolute atomic E-state index is 0.228. The average Bonchev–Trinajstić information content (AvgIpc) is 2.22. The van der Waals surface area contributed by atoms with Crippen LogP contribution in [0, 0.1) is 5.92 Å². The number of hydrogen-bond acceptors (Lipinski definition) is 3. The Morgan fingerprint density at radius 2 is 2.14 bits per heavy atom. The number of aliphatic hydroxyl groups excluding tert-OH is 1. The lowest BCUT2D eigenvalue weighted by Gasteiger charge is -2.19. The molecule has 0 aliphatic carbocycles. The molecule has 0 bridgehead atoms. The zero-order chi connectivity index (χ0) is 11.1. The summed E-state index contributed by atoms with van der Waals surface area (Å²) in [6.07, 6.45) is 2.20. The molecule has 0 spiro atoms. The number of esters is 1. The van der Waals surface area contributed by atoms with E-state index in [2.05, 4.69) is 18.2 Å². The van der Waals surface area contributed by atoms with Crippen LogP contribution >= 0.6 is 0 Å². The molecule has 0 aromatic heterocycles. The fourth-order valence-electron chi connectivity index (χ4n) is 1.21. The van der Waals surface area contributed by atoms with E-state index in [9.17, 15) is 9.90 Å². The maximum Gasteiger partial charge on any atom is 0.333 e. The monoisotopic (exact) mass is 200 g/mol. The molecule has 0 radical (unpaired) electrons. The molecule has 0 aromatic rings. The Morgan fingerprint density at radius 1 is 1.57 bits per heavy atom. The third-order valence-corrected chi connectivity index (χ3v) is 2.43. The topological polar surface area (TPSA) is 46.5 Å². The molecular weight excluding hydrogens is 180 g/mol. The van der Waals surface area contributed by atoms with Gasteiger partial charge in [-0.1, -0.05) is 33.3 Å². The number of carbonyl (C=O) groups excluding carboxylic acids is 1. The van der Waals surface area contributed by atoms with Crippen molar-refractivity contribution in [2.75, 3.05) is 7.11 Å². The number of methoxy groups -OCH3 is 1. The van der Waals surface area contributed by atoms with E-state index < -0.39 is 12.1 Å². The van der Waals surface area contributed by atoms with Crippen molar-refractivity contribution in [3.05, 3.63) is 12.2 Å². The van der Waals surface area contributed by atoms with Gasteiger partial charge in [0, 0.05) is 11.5 Å². The van der Waals surface area contributed by atoms with E-state index in [-0.39, 0.29) is 5.92 Å². The molecule has 14 heavy (non-hydrogen) atoms. The van der Waals surface area contributed by atoms with Gasteiger partial charge in [-0.2, -0.15) is 0 Å². The van der Waals surface area contributed by atoms with Gasteiger partial charge in [0.2, 0.25) is 0 Å². The molecule has 0 rings (SSSR count). The predicted octanol–water partition coefficient (Wildman–Crippen LogP) is 1.90. The van der Waals surface area contributed by atoms with E-state index in [1.807, 2.05) is 0 Å². The van der Waals surface area contributed by atoms with Crippen LogP contribution in [0.1, 0.15) is 33.1 Å². The van der Waals surface area contributed by atoms with Crippen molar-refractivity contribution in [1.29, 1.82) is 0 Å². The molecule has 82 valence electrons. The molecule has 1 N–H and O–H groups in total. The maximum atomic E-state index is 11.1. The first-order valence-corrected chi connectivity index (χ1v) is 4.99. The largest absolute Gasteiger partial charge is 0.466 e. The highest BCUT2D eigenvalue weighted by atomic mass is 16.5. The smallest absolute Gasteiger partial charge is 0.333 e. The first-order chi connectivity index (χ1) is 6.54. The van der Waals surface area contributed by atoms with Gasteiger partial charge >= 0.3 is 5.97 Å². The number of ether oxygens (including phenoxy) is 1. The Bertz CT molecular complexity index is 199. The standard InChI is InChI=1S/C11H20O3/c1-5-6-7-10(12)8(2)9(3)11(13)14-4/h8,10,12H,3,5-7H2,1-2,4H3. The van der Waals surface area contributed by atoms with E-state index in [0.717, 1.165) is 12.8 Å². The summed E-state index contributed by atoms with van der Waals surface area (Å²) in [7, 11) is 1.32. The number of aliphatic hydroxyl groups is 1. The van der Waals surface area contributed by atoms with Gasteiger partial charge in [-0.15, -0.1) is 0 Å². The lowest BCUT2D eigenvalue weighted by molar-refractivity contribution is -0.137. The van der Waals surface area contributed by atoms with Crippen molar-refractivity contribution >= 4 is 5.97 Å². The summed E-state index contributed by atoms with van der Waals surface area (Å²) in [4.78, 5) is 11.1. The quantitative estimate of drug-likeness (QED) is 0.526. The first kappa shape index (κ1) is 13.2. The van der Waals surface area contributed by atoms with Gasteiger partial charge in [0.05, 0.1) is 13.2 Å². The second-order valence-corrected chi connectivity index (χ2v) is 3.52. The predicted molar refractivity (Wildman–Crippen MR) is 55.9 cm³/mol. The summed E-state index contributed by atoms with van der Waals surface area (Å²) in [5.74, 6) is -0.665. The number of carbonyl (C=O) groups is 1. The van der Waals surface area contributed by atoms with E-state index >= 15 is 0 Å². The van der Waals surface area contributed by atoms with Crippen LogP contribution in [0.15, 0.2) is 12.2 Å². The highest BCUT2D eigenvalue weighted by Gasteiger charge is 2.21. The minimum Gasteiger partial charge on any atom is -0.466 e. The van der Waals surface area contributed by atoms with Crippen LogP contribution in [0.3, 0.4) is 0 Å². The molecule has 0 fully saturated rings. The van der Waals surface area contributed by atoms with E-state index in [4.69, 9.17) is 0 Å². The molecule has 0 saturated carbocycles. The molecule has 0 amide bonds.